The normalized spacial score (nSPS) is 27.8. The van der Waals surface area contributed by atoms with Gasteiger partial charge >= 0.3 is 5.97 Å². The quantitative estimate of drug-likeness (QED) is 0.716. The van der Waals surface area contributed by atoms with Crippen molar-refractivity contribution in [3.05, 3.63) is 0 Å². The van der Waals surface area contributed by atoms with Gasteiger partial charge in [-0.05, 0) is 47.7 Å². The van der Waals surface area contributed by atoms with Crippen molar-refractivity contribution >= 4 is 5.97 Å². The van der Waals surface area contributed by atoms with Crippen molar-refractivity contribution in [3.8, 4) is 0 Å². The minimum atomic E-state index is -0.398. The summed E-state index contributed by atoms with van der Waals surface area (Å²) in [6.45, 7) is 6.66. The minimum Gasteiger partial charge on any atom is -0.459 e. The molecule has 16 heavy (non-hydrogen) atoms. The summed E-state index contributed by atoms with van der Waals surface area (Å²) in [6, 6.07) is 0.319. The first-order valence-electron chi connectivity index (χ1n) is 5.94. The fourth-order valence-electron chi connectivity index (χ4n) is 1.99. The van der Waals surface area contributed by atoms with Crippen molar-refractivity contribution in [3.63, 3.8) is 0 Å². The number of rotatable bonds is 2. The van der Waals surface area contributed by atoms with Gasteiger partial charge < -0.3 is 10.1 Å². The monoisotopic (exact) mass is 228 g/mol. The van der Waals surface area contributed by atoms with Crippen LogP contribution in [-0.4, -0.2) is 49.2 Å². The molecule has 0 aromatic carbocycles. The lowest BCUT2D eigenvalue weighted by Gasteiger charge is -2.36. The van der Waals surface area contributed by atoms with E-state index in [1.54, 1.807) is 0 Å². The van der Waals surface area contributed by atoms with Gasteiger partial charge in [-0.15, -0.1) is 0 Å². The van der Waals surface area contributed by atoms with Crippen LogP contribution < -0.4 is 5.32 Å². The van der Waals surface area contributed by atoms with Crippen LogP contribution in [0.4, 0.5) is 0 Å². The zero-order valence-electron chi connectivity index (χ0n) is 11.0. The third-order valence-corrected chi connectivity index (χ3v) is 2.96. The lowest BCUT2D eigenvalue weighted by atomic mass is 9.98. The van der Waals surface area contributed by atoms with Crippen molar-refractivity contribution < 1.29 is 9.53 Å². The zero-order chi connectivity index (χ0) is 12.3. The van der Waals surface area contributed by atoms with Crippen LogP contribution >= 0.6 is 0 Å². The maximum absolute atomic E-state index is 12.0. The van der Waals surface area contributed by atoms with Gasteiger partial charge in [0.2, 0.25) is 0 Å². The maximum atomic E-state index is 12.0. The van der Waals surface area contributed by atoms with Gasteiger partial charge in [-0.1, -0.05) is 0 Å². The van der Waals surface area contributed by atoms with Crippen molar-refractivity contribution in [2.24, 2.45) is 0 Å². The Morgan fingerprint density at radius 1 is 1.44 bits per heavy atom. The Hall–Kier alpha value is -0.610. The molecule has 1 saturated heterocycles. The van der Waals surface area contributed by atoms with Crippen LogP contribution in [-0.2, 0) is 9.53 Å². The smallest absolute Gasteiger partial charge is 0.323 e. The Balaban J connectivity index is 2.59. The van der Waals surface area contributed by atoms with Crippen LogP contribution in [0.1, 0.15) is 33.6 Å². The van der Waals surface area contributed by atoms with E-state index in [0.29, 0.717) is 6.04 Å². The highest BCUT2D eigenvalue weighted by Crippen LogP contribution is 2.19. The molecule has 4 heteroatoms. The predicted octanol–water partition coefficient (Wildman–Crippen LogP) is 1.01. The summed E-state index contributed by atoms with van der Waals surface area (Å²) in [5, 5.41) is 3.24. The molecule has 2 unspecified atom stereocenters. The number of ether oxygens (including phenoxy) is 1. The third kappa shape index (κ3) is 3.76. The molecule has 4 nitrogen and oxygen atoms in total. The Labute approximate surface area is 98.3 Å². The largest absolute Gasteiger partial charge is 0.459 e. The van der Waals surface area contributed by atoms with Crippen molar-refractivity contribution in [1.82, 2.24) is 10.2 Å². The molecule has 1 aliphatic rings. The molecule has 1 N–H and O–H groups in total. The molecule has 0 bridgehead atoms. The fourth-order valence-corrected chi connectivity index (χ4v) is 1.99. The number of nitrogens with zero attached hydrogens (tertiary/aromatic N) is 1. The molecule has 0 saturated carbocycles. The lowest BCUT2D eigenvalue weighted by molar-refractivity contribution is -0.162. The Morgan fingerprint density at radius 2 is 2.06 bits per heavy atom. The average molecular weight is 228 g/mol. The van der Waals surface area contributed by atoms with E-state index in [9.17, 15) is 4.79 Å². The second-order valence-electron chi connectivity index (χ2n) is 5.54. The van der Waals surface area contributed by atoms with Gasteiger partial charge in [-0.2, -0.15) is 0 Å². The summed E-state index contributed by atoms with van der Waals surface area (Å²) in [5.41, 5.74) is -0.398. The summed E-state index contributed by atoms with van der Waals surface area (Å²) in [7, 11) is 3.93. The SMILES string of the molecule is CNC1CCN(C)C(C(=O)OC(C)(C)C)C1. The molecular formula is C12H24N2O2. The van der Waals surface area contributed by atoms with Crippen LogP contribution in [0.15, 0.2) is 0 Å². The fraction of sp³-hybridized carbons (Fsp3) is 0.917. The number of nitrogens with one attached hydrogen (secondary N) is 1. The van der Waals surface area contributed by atoms with Crippen LogP contribution in [0.5, 0.6) is 0 Å². The topological polar surface area (TPSA) is 41.6 Å². The Morgan fingerprint density at radius 3 is 2.56 bits per heavy atom. The molecule has 1 heterocycles. The van der Waals surface area contributed by atoms with Gasteiger partial charge in [0.15, 0.2) is 0 Å². The molecule has 0 radical (unpaired) electrons. The lowest BCUT2D eigenvalue weighted by Crippen LogP contribution is -2.51. The van der Waals surface area contributed by atoms with Crippen molar-refractivity contribution in [2.75, 3.05) is 20.6 Å². The number of likely N-dealkylation sites (N-methyl/N-ethyl adjacent to an activating group) is 1. The molecule has 1 fully saturated rings. The summed E-state index contributed by atoms with van der Waals surface area (Å²) >= 11 is 0. The van der Waals surface area contributed by atoms with E-state index in [1.165, 1.54) is 0 Å². The summed E-state index contributed by atoms with van der Waals surface area (Å²) in [4.78, 5) is 14.1. The highest BCUT2D eigenvalue weighted by molar-refractivity contribution is 5.76. The molecule has 0 aliphatic carbocycles. The second kappa shape index (κ2) is 5.15. The first kappa shape index (κ1) is 13.5. The van der Waals surface area contributed by atoms with Crippen LogP contribution in [0.25, 0.3) is 0 Å². The molecule has 1 aliphatic heterocycles. The summed E-state index contributed by atoms with van der Waals surface area (Å²) in [6.07, 6.45) is 1.92. The molecule has 0 spiro atoms. The molecule has 2 atom stereocenters. The molecule has 94 valence electrons. The third-order valence-electron chi connectivity index (χ3n) is 2.96. The van der Waals surface area contributed by atoms with E-state index in [1.807, 2.05) is 34.9 Å². The van der Waals surface area contributed by atoms with E-state index in [2.05, 4.69) is 10.2 Å². The molecule has 0 amide bonds. The van der Waals surface area contributed by atoms with Gasteiger partial charge in [0.1, 0.15) is 11.6 Å². The first-order valence-corrected chi connectivity index (χ1v) is 5.94. The van der Waals surface area contributed by atoms with Crippen LogP contribution in [0, 0.1) is 0 Å². The van der Waals surface area contributed by atoms with Crippen LogP contribution in [0.2, 0.25) is 0 Å². The van der Waals surface area contributed by atoms with E-state index in [4.69, 9.17) is 4.74 Å². The number of likely N-dealkylation sites (tertiary alicyclic amines) is 1. The average Bonchev–Trinajstić information content (AvgIpc) is 2.15. The van der Waals surface area contributed by atoms with Crippen molar-refractivity contribution in [1.29, 1.82) is 0 Å². The Bertz CT molecular complexity index is 248. The van der Waals surface area contributed by atoms with E-state index in [0.717, 1.165) is 19.4 Å². The Kier molecular flexibility index (Phi) is 4.33. The zero-order valence-corrected chi connectivity index (χ0v) is 11.0. The predicted molar refractivity (Wildman–Crippen MR) is 64.3 cm³/mol. The van der Waals surface area contributed by atoms with E-state index in [-0.39, 0.29) is 12.0 Å². The summed E-state index contributed by atoms with van der Waals surface area (Å²) in [5.74, 6) is -0.102. The minimum absolute atomic E-state index is 0.102. The van der Waals surface area contributed by atoms with Gasteiger partial charge in [-0.3, -0.25) is 9.69 Å². The number of carbonyl (C=O) groups is 1. The molecular weight excluding hydrogens is 204 g/mol. The van der Waals surface area contributed by atoms with E-state index >= 15 is 0 Å². The first-order chi connectivity index (χ1) is 7.33. The highest BCUT2D eigenvalue weighted by Gasteiger charge is 2.33. The standard InChI is InChI=1S/C12H24N2O2/c1-12(2,3)16-11(15)10-8-9(13-4)6-7-14(10)5/h9-10,13H,6-8H2,1-5H3. The van der Waals surface area contributed by atoms with Gasteiger partial charge in [0, 0.05) is 12.6 Å². The number of carbonyl (C=O) groups excluding carboxylic acids is 1. The number of esters is 1. The van der Waals surface area contributed by atoms with Crippen molar-refractivity contribution in [2.45, 2.75) is 51.3 Å². The highest BCUT2D eigenvalue weighted by atomic mass is 16.6. The molecule has 1 rings (SSSR count). The number of hydrogen-bond acceptors (Lipinski definition) is 4. The van der Waals surface area contributed by atoms with E-state index < -0.39 is 5.60 Å². The molecule has 0 aromatic heterocycles. The number of hydrogen-bond donors (Lipinski definition) is 1. The maximum Gasteiger partial charge on any atom is 0.323 e. The number of piperidine rings is 1. The van der Waals surface area contributed by atoms with Gasteiger partial charge in [0.25, 0.3) is 0 Å². The summed E-state index contributed by atoms with van der Waals surface area (Å²) < 4.78 is 5.43. The second-order valence-corrected chi connectivity index (χ2v) is 5.54. The van der Waals surface area contributed by atoms with Gasteiger partial charge in [0.05, 0.1) is 0 Å². The molecule has 0 aromatic rings. The van der Waals surface area contributed by atoms with Gasteiger partial charge in [-0.25, -0.2) is 0 Å². The van der Waals surface area contributed by atoms with Crippen LogP contribution in [0.3, 0.4) is 0 Å².